The Morgan fingerprint density at radius 2 is 1.95 bits per heavy atom. The highest BCUT2D eigenvalue weighted by molar-refractivity contribution is 5.67. The van der Waals surface area contributed by atoms with E-state index in [0.717, 1.165) is 12.0 Å². The third-order valence-electron chi connectivity index (χ3n) is 4.20. The molecule has 1 aliphatic rings. The quantitative estimate of drug-likeness (QED) is 0.865. The van der Waals surface area contributed by atoms with Crippen LogP contribution in [0, 0.1) is 5.41 Å². The largest absolute Gasteiger partial charge is 0.481 e. The van der Waals surface area contributed by atoms with Crippen molar-refractivity contribution in [1.29, 1.82) is 0 Å². The average Bonchev–Trinajstić information content (AvgIpc) is 2.36. The third-order valence-corrected chi connectivity index (χ3v) is 4.20. The van der Waals surface area contributed by atoms with E-state index in [4.69, 9.17) is 10.8 Å². The Hall–Kier alpha value is -1.35. The molecule has 1 aromatic rings. The van der Waals surface area contributed by atoms with E-state index in [1.54, 1.807) is 0 Å². The fourth-order valence-corrected chi connectivity index (χ4v) is 3.18. The maximum atomic E-state index is 10.9. The number of hydrogen-bond acceptors (Lipinski definition) is 2. The summed E-state index contributed by atoms with van der Waals surface area (Å²) in [5.74, 6) is -0.757. The van der Waals surface area contributed by atoms with Gasteiger partial charge in [-0.05, 0) is 54.2 Å². The number of carbonyl (C=O) groups is 1. The van der Waals surface area contributed by atoms with Gasteiger partial charge < -0.3 is 10.8 Å². The third kappa shape index (κ3) is 3.83. The van der Waals surface area contributed by atoms with Crippen LogP contribution < -0.4 is 5.73 Å². The van der Waals surface area contributed by atoms with Gasteiger partial charge in [-0.25, -0.2) is 0 Å². The number of fused-ring (bicyclic) bond motifs is 1. The first kappa shape index (κ1) is 15.0. The van der Waals surface area contributed by atoms with E-state index in [1.165, 1.54) is 30.4 Å². The fourth-order valence-electron chi connectivity index (χ4n) is 3.18. The monoisotopic (exact) mass is 275 g/mol. The van der Waals surface area contributed by atoms with E-state index in [-0.39, 0.29) is 17.9 Å². The van der Waals surface area contributed by atoms with E-state index in [2.05, 4.69) is 18.2 Å². The second-order valence-corrected chi connectivity index (χ2v) is 6.78. The van der Waals surface area contributed by atoms with Gasteiger partial charge in [0.1, 0.15) is 0 Å². The molecule has 0 aromatic heterocycles. The Labute approximate surface area is 121 Å². The molecule has 3 nitrogen and oxygen atoms in total. The molecule has 2 rings (SSSR count). The number of rotatable bonds is 5. The molecule has 110 valence electrons. The van der Waals surface area contributed by atoms with Crippen LogP contribution in [0.5, 0.6) is 0 Å². The molecule has 1 aliphatic carbocycles. The normalized spacial score (nSPS) is 16.6. The van der Waals surface area contributed by atoms with Gasteiger partial charge in [0.15, 0.2) is 0 Å². The van der Waals surface area contributed by atoms with E-state index >= 15 is 0 Å². The molecule has 3 heteroatoms. The molecule has 0 radical (unpaired) electrons. The molecule has 20 heavy (non-hydrogen) atoms. The summed E-state index contributed by atoms with van der Waals surface area (Å²) in [6.07, 6.45) is 5.72. The van der Waals surface area contributed by atoms with E-state index in [0.29, 0.717) is 6.42 Å². The van der Waals surface area contributed by atoms with Crippen LogP contribution in [0.2, 0.25) is 0 Å². The number of nitrogens with two attached hydrogens (primary N) is 1. The summed E-state index contributed by atoms with van der Waals surface area (Å²) in [7, 11) is 0. The van der Waals surface area contributed by atoms with E-state index in [9.17, 15) is 4.79 Å². The van der Waals surface area contributed by atoms with Gasteiger partial charge in [0.25, 0.3) is 0 Å². The first-order chi connectivity index (χ1) is 9.37. The van der Waals surface area contributed by atoms with Crippen molar-refractivity contribution in [2.75, 3.05) is 0 Å². The zero-order valence-electron chi connectivity index (χ0n) is 12.5. The molecule has 0 fully saturated rings. The van der Waals surface area contributed by atoms with Crippen molar-refractivity contribution < 1.29 is 9.90 Å². The molecule has 1 atom stereocenters. The van der Waals surface area contributed by atoms with Crippen LogP contribution in [0.1, 0.15) is 62.3 Å². The van der Waals surface area contributed by atoms with Crippen LogP contribution >= 0.6 is 0 Å². The Morgan fingerprint density at radius 1 is 1.30 bits per heavy atom. The van der Waals surface area contributed by atoms with Crippen molar-refractivity contribution in [3.8, 4) is 0 Å². The summed E-state index contributed by atoms with van der Waals surface area (Å²) in [6.45, 7) is 3.94. The second-order valence-electron chi connectivity index (χ2n) is 6.78. The Bertz CT molecular complexity index is 494. The van der Waals surface area contributed by atoms with Crippen molar-refractivity contribution in [3.05, 3.63) is 34.9 Å². The molecule has 0 saturated heterocycles. The number of aliphatic carboxylic acids is 1. The number of aryl methyl sites for hydroxylation is 2. The van der Waals surface area contributed by atoms with Crippen LogP contribution in [-0.4, -0.2) is 11.1 Å². The van der Waals surface area contributed by atoms with Gasteiger partial charge >= 0.3 is 5.97 Å². The lowest BCUT2D eigenvalue weighted by Gasteiger charge is -2.27. The summed E-state index contributed by atoms with van der Waals surface area (Å²) < 4.78 is 0. The smallest absolute Gasteiger partial charge is 0.303 e. The van der Waals surface area contributed by atoms with E-state index in [1.807, 2.05) is 13.8 Å². The first-order valence-corrected chi connectivity index (χ1v) is 7.46. The number of hydrogen-bond donors (Lipinski definition) is 2. The fraction of sp³-hybridized carbons (Fsp3) is 0.588. The standard InChI is InChI=1S/C17H25NO2/c1-17(2,11-16(19)20)10-15(18)14-8-7-12-5-3-4-6-13(12)9-14/h7-9,15H,3-6,10-11,18H2,1-2H3,(H,19,20). The average molecular weight is 275 g/mol. The predicted molar refractivity (Wildman–Crippen MR) is 80.7 cm³/mol. The minimum Gasteiger partial charge on any atom is -0.481 e. The van der Waals surface area contributed by atoms with E-state index < -0.39 is 5.97 Å². The summed E-state index contributed by atoms with van der Waals surface area (Å²) in [6, 6.07) is 6.46. The SMILES string of the molecule is CC(C)(CC(=O)O)CC(N)c1ccc2c(c1)CCCC2. The minimum atomic E-state index is -0.757. The highest BCUT2D eigenvalue weighted by Crippen LogP contribution is 2.33. The lowest BCUT2D eigenvalue weighted by Crippen LogP contribution is -2.24. The number of carboxylic acids is 1. The van der Waals surface area contributed by atoms with Crippen molar-refractivity contribution in [3.63, 3.8) is 0 Å². The summed E-state index contributed by atoms with van der Waals surface area (Å²) in [4.78, 5) is 10.9. The maximum Gasteiger partial charge on any atom is 0.303 e. The van der Waals surface area contributed by atoms with Gasteiger partial charge in [-0.3, -0.25) is 4.79 Å². The van der Waals surface area contributed by atoms with Crippen LogP contribution in [-0.2, 0) is 17.6 Å². The van der Waals surface area contributed by atoms with Gasteiger partial charge in [0.2, 0.25) is 0 Å². The maximum absolute atomic E-state index is 10.9. The highest BCUT2D eigenvalue weighted by atomic mass is 16.4. The first-order valence-electron chi connectivity index (χ1n) is 7.46. The molecule has 0 saturated carbocycles. The van der Waals surface area contributed by atoms with Crippen molar-refractivity contribution in [1.82, 2.24) is 0 Å². The van der Waals surface area contributed by atoms with Gasteiger partial charge in [0.05, 0.1) is 6.42 Å². The lowest BCUT2D eigenvalue weighted by molar-refractivity contribution is -0.139. The molecule has 0 bridgehead atoms. The Morgan fingerprint density at radius 3 is 2.60 bits per heavy atom. The molecule has 0 heterocycles. The summed E-state index contributed by atoms with van der Waals surface area (Å²) in [5, 5.41) is 8.95. The molecule has 3 N–H and O–H groups in total. The van der Waals surface area contributed by atoms with Gasteiger partial charge in [-0.15, -0.1) is 0 Å². The van der Waals surface area contributed by atoms with Gasteiger partial charge in [0, 0.05) is 6.04 Å². The van der Waals surface area contributed by atoms with Crippen LogP contribution in [0.4, 0.5) is 0 Å². The number of benzene rings is 1. The molecule has 0 amide bonds. The Balaban J connectivity index is 2.09. The van der Waals surface area contributed by atoms with Crippen molar-refractivity contribution in [2.45, 2.75) is 58.4 Å². The molecule has 1 aromatic carbocycles. The second kappa shape index (κ2) is 5.96. The number of carboxylic acid groups (broad SMARTS) is 1. The Kier molecular flexibility index (Phi) is 4.48. The van der Waals surface area contributed by atoms with Crippen LogP contribution in [0.15, 0.2) is 18.2 Å². The highest BCUT2D eigenvalue weighted by Gasteiger charge is 2.25. The molecule has 1 unspecified atom stereocenters. The van der Waals surface area contributed by atoms with Gasteiger partial charge in [-0.2, -0.15) is 0 Å². The van der Waals surface area contributed by atoms with Crippen molar-refractivity contribution >= 4 is 5.97 Å². The molecular formula is C17H25NO2. The van der Waals surface area contributed by atoms with Crippen LogP contribution in [0.3, 0.4) is 0 Å². The molecule has 0 aliphatic heterocycles. The lowest BCUT2D eigenvalue weighted by atomic mass is 9.80. The predicted octanol–water partition coefficient (Wildman–Crippen LogP) is 3.46. The van der Waals surface area contributed by atoms with Gasteiger partial charge in [-0.1, -0.05) is 32.0 Å². The molecule has 0 spiro atoms. The zero-order chi connectivity index (χ0) is 14.8. The topological polar surface area (TPSA) is 63.3 Å². The molecular weight excluding hydrogens is 250 g/mol. The van der Waals surface area contributed by atoms with Crippen LogP contribution in [0.25, 0.3) is 0 Å². The van der Waals surface area contributed by atoms with Crippen molar-refractivity contribution in [2.24, 2.45) is 11.1 Å². The summed E-state index contributed by atoms with van der Waals surface area (Å²) in [5.41, 5.74) is 10.0. The minimum absolute atomic E-state index is 0.0865. The zero-order valence-corrected chi connectivity index (χ0v) is 12.5. The summed E-state index contributed by atoms with van der Waals surface area (Å²) >= 11 is 0.